The first-order chi connectivity index (χ1) is 27.7. The summed E-state index contributed by atoms with van der Waals surface area (Å²) in [5, 5.41) is 12.6. The molecule has 0 unspecified atom stereocenters. The molecule has 0 bridgehead atoms. The lowest BCUT2D eigenvalue weighted by Crippen LogP contribution is -1.94. The van der Waals surface area contributed by atoms with E-state index in [1.165, 1.54) is 104 Å². The van der Waals surface area contributed by atoms with Crippen LogP contribution in [0.3, 0.4) is 0 Å². The largest absolute Gasteiger partial charge is 0.309 e. The second-order valence-corrected chi connectivity index (χ2v) is 15.0. The second kappa shape index (κ2) is 12.0. The smallest absolute Gasteiger partial charge is 0.0541 e. The van der Waals surface area contributed by atoms with Crippen molar-refractivity contribution < 1.29 is 0 Å². The van der Waals surface area contributed by atoms with E-state index in [2.05, 4.69) is 215 Å². The monoisotopic (exact) mass is 710 g/mol. The van der Waals surface area contributed by atoms with Crippen molar-refractivity contribution in [2.24, 2.45) is 0 Å². The number of fused-ring (bicyclic) bond motifs is 10. The van der Waals surface area contributed by atoms with Crippen LogP contribution in [0.1, 0.15) is 0 Å². The molecule has 0 fully saturated rings. The summed E-state index contributed by atoms with van der Waals surface area (Å²) in [6.45, 7) is 0. The molecule has 12 rings (SSSR count). The van der Waals surface area contributed by atoms with E-state index in [1.807, 2.05) is 0 Å². The molecule has 56 heavy (non-hydrogen) atoms. The Hall–Kier alpha value is -7.42. The van der Waals surface area contributed by atoms with Gasteiger partial charge in [0.2, 0.25) is 0 Å². The van der Waals surface area contributed by atoms with Crippen LogP contribution in [0.4, 0.5) is 0 Å². The van der Waals surface area contributed by atoms with Gasteiger partial charge in [0.05, 0.1) is 22.1 Å². The Balaban J connectivity index is 0.975. The summed E-state index contributed by atoms with van der Waals surface area (Å²) < 4.78 is 4.81. The maximum atomic E-state index is 2.43. The Bertz CT molecular complexity index is 3530. The Kier molecular flexibility index (Phi) is 6.66. The number of hydrogen-bond donors (Lipinski definition) is 0. The van der Waals surface area contributed by atoms with Crippen LogP contribution in [0, 0.1) is 0 Å². The maximum absolute atomic E-state index is 2.43. The molecule has 2 heterocycles. The van der Waals surface area contributed by atoms with Gasteiger partial charge in [-0.3, -0.25) is 0 Å². The van der Waals surface area contributed by atoms with Gasteiger partial charge in [-0.2, -0.15) is 0 Å². The summed E-state index contributed by atoms with van der Waals surface area (Å²) in [5.74, 6) is 0. The number of nitrogens with zero attached hydrogens (tertiary/aromatic N) is 2. The summed E-state index contributed by atoms with van der Waals surface area (Å²) in [4.78, 5) is 0. The second-order valence-electron chi connectivity index (χ2n) is 15.0. The van der Waals surface area contributed by atoms with Crippen LogP contribution < -0.4 is 0 Å². The summed E-state index contributed by atoms with van der Waals surface area (Å²) in [7, 11) is 0. The average molecular weight is 711 g/mol. The minimum absolute atomic E-state index is 1.16. The lowest BCUT2D eigenvalue weighted by molar-refractivity contribution is 1.18. The van der Waals surface area contributed by atoms with E-state index < -0.39 is 0 Å². The third-order valence-corrected chi connectivity index (χ3v) is 11.9. The van der Waals surface area contributed by atoms with E-state index in [-0.39, 0.29) is 0 Å². The number of benzene rings is 10. The molecule has 2 heteroatoms. The molecule has 0 aliphatic carbocycles. The van der Waals surface area contributed by atoms with E-state index in [9.17, 15) is 0 Å². The molecule has 0 aliphatic rings. The Labute approximate surface area is 323 Å². The maximum Gasteiger partial charge on any atom is 0.0541 e. The SMILES string of the molecule is c1ccc(-n2c3ccccc3c3cc(-c4ccc5c(c4)c4ccccc4n5-c4ccc5ccc(-c6ccc7c(ccc8ccccc87)c6)cc5c4)ccc32)cc1. The van der Waals surface area contributed by atoms with Crippen molar-refractivity contribution in [3.05, 3.63) is 206 Å². The topological polar surface area (TPSA) is 9.86 Å². The van der Waals surface area contributed by atoms with Gasteiger partial charge >= 0.3 is 0 Å². The molecule has 0 radical (unpaired) electrons. The molecule has 10 aromatic carbocycles. The molecule has 2 nitrogen and oxygen atoms in total. The zero-order valence-electron chi connectivity index (χ0n) is 30.5. The van der Waals surface area contributed by atoms with E-state index in [0.717, 1.165) is 5.69 Å². The van der Waals surface area contributed by atoms with Gasteiger partial charge in [-0.05, 0) is 127 Å². The third kappa shape index (κ3) is 4.69. The molecule has 12 aromatic rings. The quantitative estimate of drug-likeness (QED) is 0.161. The molecule has 0 saturated carbocycles. The van der Waals surface area contributed by atoms with Crippen molar-refractivity contribution in [1.29, 1.82) is 0 Å². The first-order valence-electron chi connectivity index (χ1n) is 19.3. The fourth-order valence-electron chi connectivity index (χ4n) is 9.18. The number of aromatic nitrogens is 2. The van der Waals surface area contributed by atoms with Crippen molar-refractivity contribution >= 4 is 75.9 Å². The van der Waals surface area contributed by atoms with Gasteiger partial charge in [0.15, 0.2) is 0 Å². The highest BCUT2D eigenvalue weighted by Crippen LogP contribution is 2.39. The van der Waals surface area contributed by atoms with Crippen LogP contribution in [-0.4, -0.2) is 9.13 Å². The molecule has 260 valence electrons. The van der Waals surface area contributed by atoms with Crippen LogP contribution >= 0.6 is 0 Å². The predicted molar refractivity (Wildman–Crippen MR) is 239 cm³/mol. The van der Waals surface area contributed by atoms with Crippen molar-refractivity contribution in [3.63, 3.8) is 0 Å². The Morgan fingerprint density at radius 3 is 1.39 bits per heavy atom. The molecule has 0 aliphatic heterocycles. The van der Waals surface area contributed by atoms with E-state index in [0.29, 0.717) is 0 Å². The number of rotatable bonds is 4. The summed E-state index contributed by atoms with van der Waals surface area (Å²) in [6, 6.07) is 75.9. The van der Waals surface area contributed by atoms with Gasteiger partial charge in [-0.25, -0.2) is 0 Å². The molecule has 0 spiro atoms. The van der Waals surface area contributed by atoms with Crippen LogP contribution in [0.5, 0.6) is 0 Å². The zero-order valence-corrected chi connectivity index (χ0v) is 30.5. The number of para-hydroxylation sites is 3. The van der Waals surface area contributed by atoms with E-state index >= 15 is 0 Å². The average Bonchev–Trinajstić information content (AvgIpc) is 3.78. The number of hydrogen-bond acceptors (Lipinski definition) is 0. The summed E-state index contributed by atoms with van der Waals surface area (Å²) in [6.07, 6.45) is 0. The van der Waals surface area contributed by atoms with Crippen molar-refractivity contribution in [1.82, 2.24) is 9.13 Å². The van der Waals surface area contributed by atoms with E-state index in [1.54, 1.807) is 0 Å². The van der Waals surface area contributed by atoms with E-state index in [4.69, 9.17) is 0 Å². The first-order valence-corrected chi connectivity index (χ1v) is 19.3. The zero-order chi connectivity index (χ0) is 36.7. The lowest BCUT2D eigenvalue weighted by atomic mass is 9.96. The lowest BCUT2D eigenvalue weighted by Gasteiger charge is -2.12. The molecule has 0 amide bonds. The van der Waals surface area contributed by atoms with Crippen LogP contribution in [0.15, 0.2) is 206 Å². The molecular weight excluding hydrogens is 677 g/mol. The van der Waals surface area contributed by atoms with Gasteiger partial charge in [0.1, 0.15) is 0 Å². The summed E-state index contributed by atoms with van der Waals surface area (Å²) >= 11 is 0. The molecule has 0 N–H and O–H groups in total. The van der Waals surface area contributed by atoms with Gasteiger partial charge in [-0.1, -0.05) is 133 Å². The highest BCUT2D eigenvalue weighted by molar-refractivity contribution is 6.13. The third-order valence-electron chi connectivity index (χ3n) is 11.9. The molecular formula is C54H34N2. The van der Waals surface area contributed by atoms with Crippen molar-refractivity contribution in [2.75, 3.05) is 0 Å². The summed E-state index contributed by atoms with van der Waals surface area (Å²) in [5.41, 5.74) is 12.1. The highest BCUT2D eigenvalue weighted by atomic mass is 15.0. The fraction of sp³-hybridized carbons (Fsp3) is 0. The Morgan fingerprint density at radius 1 is 0.214 bits per heavy atom. The standard InChI is InChI=1S/C54H34N2/c1-2-11-43(12-3-1)55-51-16-8-6-14-47(51)49-33-39(24-28-53(49)55)40-25-29-54-50(34-40)48-15-7-9-17-52(48)56(54)44-26-22-35-18-20-37(31-42(35)32-44)38-23-27-46-41(30-38)21-19-36-10-4-5-13-45(36)46/h1-34H. The minimum atomic E-state index is 1.16. The van der Waals surface area contributed by atoms with Crippen molar-refractivity contribution in [3.8, 4) is 33.6 Å². The highest BCUT2D eigenvalue weighted by Gasteiger charge is 2.16. The minimum Gasteiger partial charge on any atom is -0.309 e. The fourth-order valence-corrected chi connectivity index (χ4v) is 9.18. The van der Waals surface area contributed by atoms with Crippen LogP contribution in [0.25, 0.3) is 110 Å². The normalized spacial score (nSPS) is 11.9. The molecule has 0 atom stereocenters. The first kappa shape index (κ1) is 31.0. The molecule has 0 saturated heterocycles. The Morgan fingerprint density at radius 2 is 0.679 bits per heavy atom. The van der Waals surface area contributed by atoms with Crippen molar-refractivity contribution in [2.45, 2.75) is 0 Å². The van der Waals surface area contributed by atoms with Crippen LogP contribution in [-0.2, 0) is 0 Å². The van der Waals surface area contributed by atoms with Gasteiger partial charge < -0.3 is 9.13 Å². The van der Waals surface area contributed by atoms with Gasteiger partial charge in [-0.15, -0.1) is 0 Å². The van der Waals surface area contributed by atoms with Gasteiger partial charge in [0, 0.05) is 32.9 Å². The van der Waals surface area contributed by atoms with Crippen LogP contribution in [0.2, 0.25) is 0 Å². The predicted octanol–water partition coefficient (Wildman–Crippen LogP) is 14.7. The van der Waals surface area contributed by atoms with Gasteiger partial charge in [0.25, 0.3) is 0 Å². The molecule has 2 aromatic heterocycles.